The number of hydrogen-bond donors (Lipinski definition) is 3. The molecular formula is C36H49BN4O6S. The number of rotatable bonds is 14. The number of nitriles is 1. The highest BCUT2D eigenvalue weighted by molar-refractivity contribution is 7.89. The van der Waals surface area contributed by atoms with Crippen molar-refractivity contribution < 1.29 is 27.3 Å². The molecule has 6 rings (SSSR count). The molecule has 2 bridgehead atoms. The van der Waals surface area contributed by atoms with Crippen molar-refractivity contribution in [1.82, 2.24) is 15.4 Å². The molecule has 48 heavy (non-hydrogen) atoms. The summed E-state index contributed by atoms with van der Waals surface area (Å²) in [6.45, 7) is 12.5. The van der Waals surface area contributed by atoms with E-state index in [1.54, 1.807) is 12.1 Å². The largest absolute Gasteiger partial charge is 0.481 e. The van der Waals surface area contributed by atoms with Crippen molar-refractivity contribution in [3.8, 4) is 6.07 Å². The topological polar surface area (TPSA) is 147 Å². The van der Waals surface area contributed by atoms with Crippen LogP contribution in [0.2, 0.25) is 0 Å². The molecule has 0 unspecified atom stereocenters. The Bertz CT molecular complexity index is 1620. The monoisotopic (exact) mass is 676 g/mol. The van der Waals surface area contributed by atoms with Gasteiger partial charge >= 0.3 is 7.12 Å². The number of amides is 2. The number of benzene rings is 2. The maximum Gasteiger partial charge on any atom is 0.481 e. The number of sulfonamides is 1. The average Bonchev–Trinajstić information content (AvgIpc) is 3.42. The van der Waals surface area contributed by atoms with Crippen LogP contribution in [0.4, 0.5) is 0 Å². The zero-order chi connectivity index (χ0) is 34.9. The van der Waals surface area contributed by atoms with Crippen LogP contribution in [0.3, 0.4) is 0 Å². The Morgan fingerprint density at radius 1 is 1.04 bits per heavy atom. The summed E-state index contributed by atoms with van der Waals surface area (Å²) < 4.78 is 42.1. The van der Waals surface area contributed by atoms with Crippen LogP contribution in [-0.4, -0.2) is 57.6 Å². The van der Waals surface area contributed by atoms with Crippen LogP contribution >= 0.6 is 0 Å². The molecule has 1 saturated heterocycles. The average molecular weight is 677 g/mol. The molecule has 12 heteroatoms. The molecule has 3 aliphatic carbocycles. The number of carbonyl (C=O) groups is 2. The maximum absolute atomic E-state index is 14.0. The Kier molecular flexibility index (Phi) is 10.8. The first kappa shape index (κ1) is 36.1. The molecule has 1 heterocycles. The standard InChI is InChI=1S/C36H49BN4O6S/c1-7-8-9-24-10-14-26(15-11-24)33(42)40-29(22-39-48(44,45)28-16-12-25(21-38)13-17-28)34(43)41-32(18-23(2)3)37-46-31-20-27-19-30(35(27,4)5)36(31,6)47-37/h10-17,23,27,29-32,39H,7-9,18-20,22H2,1-6H3,(H,40,42)(H,41,43)/t27-,29-,30-,31+,32-,36-/m0/s1. The van der Waals surface area contributed by atoms with E-state index in [4.69, 9.17) is 14.6 Å². The van der Waals surface area contributed by atoms with Gasteiger partial charge in [0.05, 0.1) is 34.2 Å². The molecule has 0 spiro atoms. The highest BCUT2D eigenvalue weighted by Crippen LogP contribution is 2.65. The third-order valence-corrected chi connectivity index (χ3v) is 12.2. The third kappa shape index (κ3) is 7.49. The van der Waals surface area contributed by atoms with E-state index in [9.17, 15) is 18.0 Å². The van der Waals surface area contributed by atoms with Crippen molar-refractivity contribution in [3.05, 3.63) is 65.2 Å². The van der Waals surface area contributed by atoms with Crippen LogP contribution in [0.15, 0.2) is 53.4 Å². The minimum atomic E-state index is -4.07. The predicted octanol–water partition coefficient (Wildman–Crippen LogP) is 4.78. The van der Waals surface area contributed by atoms with Crippen LogP contribution < -0.4 is 15.4 Å². The lowest BCUT2D eigenvalue weighted by Gasteiger charge is -2.64. The molecule has 3 saturated carbocycles. The highest BCUT2D eigenvalue weighted by atomic mass is 32.2. The summed E-state index contributed by atoms with van der Waals surface area (Å²) in [5.74, 6) is -0.446. The third-order valence-electron chi connectivity index (χ3n) is 10.8. The fourth-order valence-corrected chi connectivity index (χ4v) is 8.79. The lowest BCUT2D eigenvalue weighted by molar-refractivity contribution is -0.199. The Hall–Kier alpha value is -3.24. The summed E-state index contributed by atoms with van der Waals surface area (Å²) in [4.78, 5) is 27.4. The molecule has 3 N–H and O–H groups in total. The van der Waals surface area contributed by atoms with E-state index in [0.717, 1.165) is 37.7 Å². The second kappa shape index (κ2) is 14.3. The van der Waals surface area contributed by atoms with Gasteiger partial charge in [-0.15, -0.1) is 0 Å². The number of nitrogens with zero attached hydrogens (tertiary/aromatic N) is 1. The minimum absolute atomic E-state index is 0.0581. The van der Waals surface area contributed by atoms with Crippen molar-refractivity contribution in [3.63, 3.8) is 0 Å². The summed E-state index contributed by atoms with van der Waals surface area (Å²) >= 11 is 0. The van der Waals surface area contributed by atoms with Gasteiger partial charge in [-0.3, -0.25) is 9.59 Å². The minimum Gasteiger partial charge on any atom is -0.404 e. The molecule has 6 atom stereocenters. The van der Waals surface area contributed by atoms with Gasteiger partial charge in [-0.05, 0) is 104 Å². The van der Waals surface area contributed by atoms with Gasteiger partial charge in [0.1, 0.15) is 6.04 Å². The SMILES string of the molecule is CCCCc1ccc(C(=O)N[C@@H](CNS(=O)(=O)c2ccc(C#N)cc2)C(=O)N[C@@H](CC(C)C)B2O[C@@H]3C[C@@H]4C[C@@H](C4(C)C)[C@]3(C)O2)cc1. The first-order valence-electron chi connectivity index (χ1n) is 17.2. The van der Waals surface area contributed by atoms with Crippen molar-refractivity contribution >= 4 is 29.0 Å². The van der Waals surface area contributed by atoms with E-state index in [-0.39, 0.29) is 22.3 Å². The number of aryl methyl sites for hydroxylation is 1. The van der Waals surface area contributed by atoms with Gasteiger partial charge in [-0.1, -0.05) is 53.2 Å². The molecule has 0 aromatic heterocycles. The van der Waals surface area contributed by atoms with Gasteiger partial charge in [-0.25, -0.2) is 13.1 Å². The second-order valence-corrected chi connectivity index (χ2v) is 16.7. The maximum atomic E-state index is 14.0. The van der Waals surface area contributed by atoms with Crippen LogP contribution in [0.25, 0.3) is 0 Å². The fourth-order valence-electron chi connectivity index (χ4n) is 7.74. The molecule has 2 amide bonds. The van der Waals surface area contributed by atoms with Crippen LogP contribution in [0.5, 0.6) is 0 Å². The molecular weight excluding hydrogens is 627 g/mol. The summed E-state index contributed by atoms with van der Waals surface area (Å²) in [6.07, 6.45) is 5.51. The van der Waals surface area contributed by atoms with Crippen molar-refractivity contribution in [1.29, 1.82) is 5.26 Å². The zero-order valence-electron chi connectivity index (χ0n) is 28.9. The number of unbranched alkanes of at least 4 members (excludes halogenated alkanes) is 1. The molecule has 2 aromatic rings. The van der Waals surface area contributed by atoms with Gasteiger partial charge in [0.2, 0.25) is 15.9 Å². The number of carbonyl (C=O) groups excluding carboxylic acids is 2. The summed E-state index contributed by atoms with van der Waals surface area (Å²) in [6, 6.07) is 13.4. The molecule has 2 aromatic carbocycles. The Labute approximate surface area is 285 Å². The van der Waals surface area contributed by atoms with Gasteiger partial charge in [0.15, 0.2) is 0 Å². The zero-order valence-corrected chi connectivity index (χ0v) is 29.7. The second-order valence-electron chi connectivity index (χ2n) is 14.9. The van der Waals surface area contributed by atoms with Gasteiger partial charge in [-0.2, -0.15) is 5.26 Å². The lowest BCUT2D eigenvalue weighted by atomic mass is 9.43. The molecule has 4 fully saturated rings. The van der Waals surface area contributed by atoms with E-state index < -0.39 is 53.1 Å². The first-order chi connectivity index (χ1) is 22.7. The molecule has 10 nitrogen and oxygen atoms in total. The van der Waals surface area contributed by atoms with Crippen molar-refractivity contribution in [2.75, 3.05) is 6.54 Å². The molecule has 4 aliphatic rings. The van der Waals surface area contributed by atoms with Crippen LogP contribution in [0, 0.1) is 34.5 Å². The van der Waals surface area contributed by atoms with Crippen LogP contribution in [-0.2, 0) is 30.5 Å². The lowest BCUT2D eigenvalue weighted by Crippen LogP contribution is -2.65. The Morgan fingerprint density at radius 2 is 1.73 bits per heavy atom. The highest BCUT2D eigenvalue weighted by Gasteiger charge is 2.68. The van der Waals surface area contributed by atoms with Crippen molar-refractivity contribution in [2.24, 2.45) is 23.2 Å². The quantitative estimate of drug-likeness (QED) is 0.244. The molecule has 0 radical (unpaired) electrons. The van der Waals surface area contributed by atoms with E-state index in [0.29, 0.717) is 29.4 Å². The van der Waals surface area contributed by atoms with E-state index in [2.05, 4.69) is 56.9 Å². The fraction of sp³-hybridized carbons (Fsp3) is 0.583. The summed E-state index contributed by atoms with van der Waals surface area (Å²) in [5, 5.41) is 14.9. The van der Waals surface area contributed by atoms with Gasteiger partial charge in [0, 0.05) is 12.1 Å². The van der Waals surface area contributed by atoms with Crippen LogP contribution in [0.1, 0.15) is 95.1 Å². The van der Waals surface area contributed by atoms with Crippen molar-refractivity contribution in [2.45, 2.75) is 109 Å². The number of nitrogens with one attached hydrogen (secondary N) is 3. The first-order valence-corrected chi connectivity index (χ1v) is 18.7. The molecule has 258 valence electrons. The van der Waals surface area contributed by atoms with E-state index in [1.807, 2.05) is 18.2 Å². The smallest absolute Gasteiger partial charge is 0.404 e. The Morgan fingerprint density at radius 3 is 2.33 bits per heavy atom. The van der Waals surface area contributed by atoms with Gasteiger partial charge < -0.3 is 19.9 Å². The summed E-state index contributed by atoms with van der Waals surface area (Å²) in [7, 11) is -4.74. The summed E-state index contributed by atoms with van der Waals surface area (Å²) in [5.41, 5.74) is 1.50. The predicted molar refractivity (Wildman–Crippen MR) is 184 cm³/mol. The normalized spacial score (nSPS) is 25.4. The van der Waals surface area contributed by atoms with E-state index in [1.165, 1.54) is 24.3 Å². The van der Waals surface area contributed by atoms with E-state index >= 15 is 0 Å². The Balaban J connectivity index is 1.34. The number of hydrogen-bond acceptors (Lipinski definition) is 7. The van der Waals surface area contributed by atoms with Gasteiger partial charge in [0.25, 0.3) is 5.91 Å². The molecule has 1 aliphatic heterocycles.